The van der Waals surface area contributed by atoms with E-state index in [1.54, 1.807) is 0 Å². The van der Waals surface area contributed by atoms with Crippen molar-refractivity contribution in [2.24, 2.45) is 10.9 Å². The summed E-state index contributed by atoms with van der Waals surface area (Å²) in [5.41, 5.74) is 8.52. The molecule has 2 heteroatoms. The standard InChI is InChI=1S/C46H46N2/c1-6-16-39(32(3)18-14-19-33(4)44(17-7-2)48-34(5)38-22-15-29-47-31-38)46-42-25-12-10-23-40(42)45(41-24-11-13-26-43(41)46)37-28-27-35-20-8-9-21-36(35)30-37/h6,8-16,18,20-31,33,44H,7,17,19H2,1-5H3/b16-6-,18-14-,39-32-,48-34?. The lowest BCUT2D eigenvalue weighted by Crippen LogP contribution is -2.17. The number of hydrogen-bond acceptors (Lipinski definition) is 2. The van der Waals surface area contributed by atoms with Gasteiger partial charge in [-0.25, -0.2) is 0 Å². The molecule has 0 saturated carbocycles. The molecule has 6 aromatic rings. The maximum absolute atomic E-state index is 5.18. The Balaban J connectivity index is 1.41. The largest absolute Gasteiger partial charge is 0.286 e. The van der Waals surface area contributed by atoms with E-state index in [-0.39, 0.29) is 6.04 Å². The first-order valence-corrected chi connectivity index (χ1v) is 17.4. The number of allylic oxidation sites excluding steroid dienone is 6. The van der Waals surface area contributed by atoms with Crippen molar-refractivity contribution in [1.82, 2.24) is 4.98 Å². The first-order valence-electron chi connectivity index (χ1n) is 17.4. The fourth-order valence-corrected chi connectivity index (χ4v) is 7.03. The van der Waals surface area contributed by atoms with E-state index in [9.17, 15) is 0 Å². The molecule has 1 heterocycles. The van der Waals surface area contributed by atoms with E-state index in [1.165, 1.54) is 60.2 Å². The quantitative estimate of drug-likeness (QED) is 0.0798. The highest BCUT2D eigenvalue weighted by atomic mass is 14.8. The maximum atomic E-state index is 5.18. The summed E-state index contributed by atoms with van der Waals surface area (Å²) >= 11 is 0. The Kier molecular flexibility index (Phi) is 10.4. The Morgan fingerprint density at radius 3 is 2.08 bits per heavy atom. The predicted octanol–water partition coefficient (Wildman–Crippen LogP) is 12.8. The van der Waals surface area contributed by atoms with Gasteiger partial charge in [0.1, 0.15) is 0 Å². The monoisotopic (exact) mass is 626 g/mol. The second-order valence-corrected chi connectivity index (χ2v) is 12.9. The molecule has 0 radical (unpaired) electrons. The third kappa shape index (κ3) is 6.94. The normalized spacial score (nSPS) is 14.3. The summed E-state index contributed by atoms with van der Waals surface area (Å²) in [6.07, 6.45) is 16.0. The smallest absolute Gasteiger partial charge is 0.0531 e. The van der Waals surface area contributed by atoms with Crippen LogP contribution in [-0.4, -0.2) is 16.7 Å². The Morgan fingerprint density at radius 2 is 1.44 bits per heavy atom. The number of pyridine rings is 1. The topological polar surface area (TPSA) is 25.2 Å². The first-order chi connectivity index (χ1) is 23.5. The average Bonchev–Trinajstić information content (AvgIpc) is 3.12. The average molecular weight is 627 g/mol. The third-order valence-electron chi connectivity index (χ3n) is 9.55. The van der Waals surface area contributed by atoms with Gasteiger partial charge in [0.25, 0.3) is 0 Å². The minimum absolute atomic E-state index is 0.273. The lowest BCUT2D eigenvalue weighted by Gasteiger charge is -2.20. The zero-order valence-electron chi connectivity index (χ0n) is 28.9. The number of fused-ring (bicyclic) bond motifs is 3. The molecule has 2 unspecified atom stereocenters. The van der Waals surface area contributed by atoms with Gasteiger partial charge >= 0.3 is 0 Å². The maximum Gasteiger partial charge on any atom is 0.0531 e. The summed E-state index contributed by atoms with van der Waals surface area (Å²) in [5, 5.41) is 7.62. The Hall–Kier alpha value is -5.08. The van der Waals surface area contributed by atoms with Gasteiger partial charge in [0.05, 0.1) is 6.04 Å². The van der Waals surface area contributed by atoms with E-state index >= 15 is 0 Å². The molecule has 5 aromatic carbocycles. The van der Waals surface area contributed by atoms with Crippen molar-refractivity contribution in [3.63, 3.8) is 0 Å². The van der Waals surface area contributed by atoms with Crippen molar-refractivity contribution >= 4 is 43.6 Å². The van der Waals surface area contributed by atoms with Crippen LogP contribution in [-0.2, 0) is 0 Å². The number of nitrogens with zero attached hydrogens (tertiary/aromatic N) is 2. The molecule has 0 spiro atoms. The van der Waals surface area contributed by atoms with Crippen LogP contribution in [0.25, 0.3) is 49.0 Å². The van der Waals surface area contributed by atoms with Gasteiger partial charge in [0, 0.05) is 23.7 Å². The van der Waals surface area contributed by atoms with Crippen LogP contribution in [0.15, 0.2) is 150 Å². The van der Waals surface area contributed by atoms with E-state index < -0.39 is 0 Å². The number of aromatic nitrogens is 1. The highest BCUT2D eigenvalue weighted by molar-refractivity contribution is 6.20. The van der Waals surface area contributed by atoms with Crippen LogP contribution in [0.4, 0.5) is 0 Å². The van der Waals surface area contributed by atoms with Crippen LogP contribution in [0.2, 0.25) is 0 Å². The van der Waals surface area contributed by atoms with E-state index in [4.69, 9.17) is 4.99 Å². The summed E-state index contributed by atoms with van der Waals surface area (Å²) in [6.45, 7) is 11.1. The molecule has 0 aliphatic carbocycles. The Morgan fingerprint density at radius 1 is 0.771 bits per heavy atom. The van der Waals surface area contributed by atoms with Crippen LogP contribution < -0.4 is 0 Å². The fourth-order valence-electron chi connectivity index (χ4n) is 7.03. The highest BCUT2D eigenvalue weighted by Crippen LogP contribution is 2.43. The van der Waals surface area contributed by atoms with Crippen LogP contribution in [0.3, 0.4) is 0 Å². The number of benzene rings is 5. The summed E-state index contributed by atoms with van der Waals surface area (Å²) < 4.78 is 0. The van der Waals surface area contributed by atoms with E-state index in [0.717, 1.165) is 30.5 Å². The SMILES string of the molecule is C\C=C/C(=C(C)/C=C\CC(C)C(CCC)N=C(C)c1cccnc1)c1c2ccccc2c(-c2ccc3ccccc3c2)c2ccccc12. The number of hydrogen-bond donors (Lipinski definition) is 0. The van der Waals surface area contributed by atoms with E-state index in [1.807, 2.05) is 18.5 Å². The van der Waals surface area contributed by atoms with Crippen LogP contribution in [0.5, 0.6) is 0 Å². The summed E-state index contributed by atoms with van der Waals surface area (Å²) in [6, 6.07) is 37.7. The molecule has 48 heavy (non-hydrogen) atoms. The van der Waals surface area contributed by atoms with Crippen molar-refractivity contribution in [1.29, 1.82) is 0 Å². The van der Waals surface area contributed by atoms with Crippen molar-refractivity contribution in [2.45, 2.75) is 59.9 Å². The van der Waals surface area contributed by atoms with Crippen molar-refractivity contribution in [2.75, 3.05) is 0 Å². The van der Waals surface area contributed by atoms with Crippen LogP contribution in [0, 0.1) is 5.92 Å². The highest BCUT2D eigenvalue weighted by Gasteiger charge is 2.19. The molecule has 2 nitrogen and oxygen atoms in total. The molecule has 0 N–H and O–H groups in total. The summed E-state index contributed by atoms with van der Waals surface area (Å²) in [4.78, 5) is 9.48. The second kappa shape index (κ2) is 15.2. The molecule has 1 aromatic heterocycles. The van der Waals surface area contributed by atoms with Crippen LogP contribution in [0.1, 0.15) is 65.0 Å². The molecule has 240 valence electrons. The molecule has 0 aliphatic rings. The van der Waals surface area contributed by atoms with Crippen molar-refractivity contribution in [3.8, 4) is 11.1 Å². The lowest BCUT2D eigenvalue weighted by molar-refractivity contribution is 0.434. The van der Waals surface area contributed by atoms with E-state index in [2.05, 4.69) is 161 Å². The molecule has 6 rings (SSSR count). The predicted molar refractivity (Wildman–Crippen MR) is 210 cm³/mol. The minimum Gasteiger partial charge on any atom is -0.286 e. The molecular weight excluding hydrogens is 581 g/mol. The molecule has 0 bridgehead atoms. The molecule has 0 saturated heterocycles. The van der Waals surface area contributed by atoms with Gasteiger partial charge in [0.15, 0.2) is 0 Å². The second-order valence-electron chi connectivity index (χ2n) is 12.9. The van der Waals surface area contributed by atoms with Crippen molar-refractivity contribution < 1.29 is 0 Å². The molecule has 2 atom stereocenters. The van der Waals surface area contributed by atoms with Crippen LogP contribution >= 0.6 is 0 Å². The zero-order chi connectivity index (χ0) is 33.5. The summed E-state index contributed by atoms with van der Waals surface area (Å²) in [5.74, 6) is 0.425. The lowest BCUT2D eigenvalue weighted by atomic mass is 9.84. The van der Waals surface area contributed by atoms with E-state index in [0.29, 0.717) is 5.92 Å². The van der Waals surface area contributed by atoms with Gasteiger partial charge < -0.3 is 0 Å². The Labute approximate surface area is 286 Å². The number of aliphatic imine (C=N–C) groups is 1. The van der Waals surface area contributed by atoms with Gasteiger partial charge in [-0.2, -0.15) is 0 Å². The number of rotatable bonds is 11. The van der Waals surface area contributed by atoms with Gasteiger partial charge in [-0.3, -0.25) is 9.98 Å². The zero-order valence-corrected chi connectivity index (χ0v) is 28.9. The summed E-state index contributed by atoms with van der Waals surface area (Å²) in [7, 11) is 0. The van der Waals surface area contributed by atoms with Gasteiger partial charge in [-0.15, -0.1) is 0 Å². The molecule has 0 amide bonds. The van der Waals surface area contributed by atoms with Crippen molar-refractivity contribution in [3.05, 3.63) is 157 Å². The van der Waals surface area contributed by atoms with Gasteiger partial charge in [-0.05, 0) is 112 Å². The fraction of sp³-hybridized carbons (Fsp3) is 0.217. The first kappa shape index (κ1) is 32.8. The molecular formula is C46H46N2. The van der Waals surface area contributed by atoms with Gasteiger partial charge in [-0.1, -0.05) is 136 Å². The van der Waals surface area contributed by atoms with Gasteiger partial charge in [0.2, 0.25) is 0 Å². The molecule has 0 fully saturated rings. The minimum atomic E-state index is 0.273. The third-order valence-corrected chi connectivity index (χ3v) is 9.55. The molecule has 0 aliphatic heterocycles. The Bertz CT molecular complexity index is 2110.